The van der Waals surface area contributed by atoms with Gasteiger partial charge in [0.1, 0.15) is 6.04 Å². The number of halogens is 4. The molecule has 0 spiro atoms. The van der Waals surface area contributed by atoms with E-state index >= 15 is 0 Å². The van der Waals surface area contributed by atoms with E-state index in [1.54, 1.807) is 12.1 Å². The van der Waals surface area contributed by atoms with E-state index in [1.807, 2.05) is 0 Å². The van der Waals surface area contributed by atoms with Crippen LogP contribution in [0.25, 0.3) is 0 Å². The molecule has 0 fully saturated rings. The summed E-state index contributed by atoms with van der Waals surface area (Å²) in [6, 6.07) is 3.41. The first-order chi connectivity index (χ1) is 6.98. The Morgan fingerprint density at radius 1 is 1.33 bits per heavy atom. The van der Waals surface area contributed by atoms with Crippen molar-refractivity contribution in [1.29, 1.82) is 0 Å². The molecule has 82 valence electrons. The maximum atomic E-state index is 12.6. The predicted octanol–water partition coefficient (Wildman–Crippen LogP) is 3.20. The zero-order chi connectivity index (χ0) is 11.1. The summed E-state index contributed by atoms with van der Waals surface area (Å²) in [6.07, 6.45) is -3.58. The first-order valence-electron chi connectivity index (χ1n) is 4.57. The van der Waals surface area contributed by atoms with Crippen molar-refractivity contribution in [3.63, 3.8) is 0 Å². The maximum Gasteiger partial charge on any atom is 0.407 e. The van der Waals surface area contributed by atoms with Crippen LogP contribution in [-0.4, -0.2) is 12.7 Å². The molecule has 1 heterocycles. The fraction of sp³-hybridized carbons (Fsp3) is 0.400. The molecule has 2 rings (SSSR count). The Labute approximate surface area is 93.8 Å². The van der Waals surface area contributed by atoms with Gasteiger partial charge in [0.2, 0.25) is 0 Å². The molecule has 0 amide bonds. The highest BCUT2D eigenvalue weighted by Crippen LogP contribution is 2.37. The van der Waals surface area contributed by atoms with Gasteiger partial charge in [0.25, 0.3) is 0 Å². The first kappa shape index (κ1) is 11.0. The van der Waals surface area contributed by atoms with Crippen molar-refractivity contribution in [2.24, 2.45) is 0 Å². The lowest BCUT2D eigenvalue weighted by Gasteiger charge is -2.28. The molecule has 0 radical (unpaired) electrons. The second-order valence-electron chi connectivity index (χ2n) is 3.52. The summed E-state index contributed by atoms with van der Waals surface area (Å²) in [5.74, 6) is 0. The first-order valence-corrected chi connectivity index (χ1v) is 5.36. The third kappa shape index (κ3) is 2.18. The van der Waals surface area contributed by atoms with Crippen molar-refractivity contribution in [3.05, 3.63) is 33.8 Å². The van der Waals surface area contributed by atoms with E-state index in [0.717, 1.165) is 10.0 Å². The summed E-state index contributed by atoms with van der Waals surface area (Å²) in [5.41, 5.74) is 1.11. The topological polar surface area (TPSA) is 12.0 Å². The van der Waals surface area contributed by atoms with Crippen LogP contribution in [0, 0.1) is 0 Å². The molecule has 5 heteroatoms. The summed E-state index contributed by atoms with van der Waals surface area (Å²) in [4.78, 5) is 0. The molecule has 1 atom stereocenters. The second-order valence-corrected chi connectivity index (χ2v) is 4.44. The summed E-state index contributed by atoms with van der Waals surface area (Å²) < 4.78 is 38.8. The van der Waals surface area contributed by atoms with Gasteiger partial charge in [-0.25, -0.2) is 0 Å². The van der Waals surface area contributed by atoms with Crippen molar-refractivity contribution >= 4 is 15.9 Å². The number of nitrogens with one attached hydrogen (secondary N) is 1. The summed E-state index contributed by atoms with van der Waals surface area (Å²) in [6.45, 7) is 0.369. The molecule has 0 saturated heterocycles. The maximum absolute atomic E-state index is 12.6. The normalized spacial score (nSPS) is 21.2. The lowest BCUT2D eigenvalue weighted by molar-refractivity contribution is -0.158. The smallest absolute Gasteiger partial charge is 0.302 e. The largest absolute Gasteiger partial charge is 0.407 e. The Bertz CT molecular complexity index is 375. The van der Waals surface area contributed by atoms with E-state index in [0.29, 0.717) is 18.5 Å². The van der Waals surface area contributed by atoms with Crippen LogP contribution in [0.4, 0.5) is 13.2 Å². The van der Waals surface area contributed by atoms with Gasteiger partial charge in [0.15, 0.2) is 0 Å². The van der Waals surface area contributed by atoms with Crippen LogP contribution in [0.1, 0.15) is 17.2 Å². The van der Waals surface area contributed by atoms with Crippen LogP contribution < -0.4 is 5.32 Å². The SMILES string of the molecule is FC(F)(F)C1NCCc2cc(Br)ccc21. The number of alkyl halides is 3. The van der Waals surface area contributed by atoms with E-state index in [4.69, 9.17) is 0 Å². The standard InChI is InChI=1S/C10H9BrF3N/c11-7-1-2-8-6(5-7)3-4-15-9(8)10(12,13)14/h1-2,5,9,15H,3-4H2. The molecule has 0 aliphatic carbocycles. The molecule has 1 aromatic carbocycles. The molecule has 1 aromatic rings. The van der Waals surface area contributed by atoms with Crippen LogP contribution >= 0.6 is 15.9 Å². The van der Waals surface area contributed by atoms with E-state index in [1.165, 1.54) is 6.07 Å². The van der Waals surface area contributed by atoms with Crippen molar-refractivity contribution in [2.75, 3.05) is 6.54 Å². The van der Waals surface area contributed by atoms with Crippen molar-refractivity contribution in [2.45, 2.75) is 18.6 Å². The molecular formula is C10H9BrF3N. The quantitative estimate of drug-likeness (QED) is 0.769. The van der Waals surface area contributed by atoms with Crippen LogP contribution in [0.2, 0.25) is 0 Å². The van der Waals surface area contributed by atoms with Gasteiger partial charge in [-0.2, -0.15) is 13.2 Å². The Morgan fingerprint density at radius 2 is 2.07 bits per heavy atom. The van der Waals surface area contributed by atoms with Gasteiger partial charge in [0, 0.05) is 11.0 Å². The monoisotopic (exact) mass is 279 g/mol. The minimum Gasteiger partial charge on any atom is -0.302 e. The lowest BCUT2D eigenvalue weighted by Crippen LogP contribution is -2.39. The number of fused-ring (bicyclic) bond motifs is 1. The molecule has 1 aliphatic heterocycles. The molecule has 1 nitrogen and oxygen atoms in total. The number of benzene rings is 1. The zero-order valence-corrected chi connectivity index (χ0v) is 9.32. The third-order valence-electron chi connectivity index (χ3n) is 2.49. The molecule has 0 bridgehead atoms. The van der Waals surface area contributed by atoms with E-state index in [9.17, 15) is 13.2 Å². The molecule has 15 heavy (non-hydrogen) atoms. The Hall–Kier alpha value is -0.550. The molecular weight excluding hydrogens is 271 g/mol. The molecule has 0 aromatic heterocycles. The highest BCUT2D eigenvalue weighted by molar-refractivity contribution is 9.10. The van der Waals surface area contributed by atoms with Crippen LogP contribution in [0.15, 0.2) is 22.7 Å². The van der Waals surface area contributed by atoms with Crippen molar-refractivity contribution in [1.82, 2.24) is 5.32 Å². The average molecular weight is 280 g/mol. The zero-order valence-electron chi connectivity index (χ0n) is 7.74. The van der Waals surface area contributed by atoms with Crippen LogP contribution in [-0.2, 0) is 6.42 Å². The van der Waals surface area contributed by atoms with Crippen LogP contribution in [0.3, 0.4) is 0 Å². The summed E-state index contributed by atoms with van der Waals surface area (Å²) in [5, 5.41) is 2.49. The fourth-order valence-corrected chi connectivity index (χ4v) is 2.23. The predicted molar refractivity (Wildman–Crippen MR) is 54.6 cm³/mol. The van der Waals surface area contributed by atoms with E-state index in [2.05, 4.69) is 21.2 Å². The molecule has 1 aliphatic rings. The van der Waals surface area contributed by atoms with Crippen LogP contribution in [0.5, 0.6) is 0 Å². The van der Waals surface area contributed by atoms with Gasteiger partial charge in [-0.15, -0.1) is 0 Å². The lowest BCUT2D eigenvalue weighted by atomic mass is 9.94. The van der Waals surface area contributed by atoms with Gasteiger partial charge in [-0.1, -0.05) is 22.0 Å². The van der Waals surface area contributed by atoms with Gasteiger partial charge >= 0.3 is 6.18 Å². The van der Waals surface area contributed by atoms with Crippen molar-refractivity contribution in [3.8, 4) is 0 Å². The van der Waals surface area contributed by atoms with Gasteiger partial charge < -0.3 is 5.32 Å². The molecule has 1 N–H and O–H groups in total. The van der Waals surface area contributed by atoms with E-state index < -0.39 is 12.2 Å². The van der Waals surface area contributed by atoms with E-state index in [-0.39, 0.29) is 0 Å². The molecule has 1 unspecified atom stereocenters. The van der Waals surface area contributed by atoms with Gasteiger partial charge in [0.05, 0.1) is 0 Å². The minimum atomic E-state index is -4.22. The number of hydrogen-bond donors (Lipinski definition) is 1. The molecule has 0 saturated carbocycles. The Balaban J connectivity index is 2.43. The van der Waals surface area contributed by atoms with Crippen molar-refractivity contribution < 1.29 is 13.2 Å². The Kier molecular flexibility index (Phi) is 2.77. The highest BCUT2D eigenvalue weighted by atomic mass is 79.9. The Morgan fingerprint density at radius 3 is 2.73 bits per heavy atom. The highest BCUT2D eigenvalue weighted by Gasteiger charge is 2.42. The number of rotatable bonds is 0. The number of hydrogen-bond acceptors (Lipinski definition) is 1. The summed E-state index contributed by atoms with van der Waals surface area (Å²) in [7, 11) is 0. The summed E-state index contributed by atoms with van der Waals surface area (Å²) >= 11 is 3.26. The average Bonchev–Trinajstić information content (AvgIpc) is 2.15. The van der Waals surface area contributed by atoms with Gasteiger partial charge in [-0.05, 0) is 29.7 Å². The third-order valence-corrected chi connectivity index (χ3v) is 2.98. The second kappa shape index (κ2) is 3.79. The fourth-order valence-electron chi connectivity index (χ4n) is 1.83. The van der Waals surface area contributed by atoms with Gasteiger partial charge in [-0.3, -0.25) is 0 Å². The minimum absolute atomic E-state index is 0.344.